The third-order valence-electron chi connectivity index (χ3n) is 5.14. The quantitative estimate of drug-likeness (QED) is 0.852. The van der Waals surface area contributed by atoms with Crippen LogP contribution in [0.4, 0.5) is 5.69 Å². The average molecular weight is 336 g/mol. The first-order valence-electron chi connectivity index (χ1n) is 8.33. The van der Waals surface area contributed by atoms with Crippen molar-refractivity contribution in [2.24, 2.45) is 5.92 Å². The first kappa shape index (κ1) is 16.5. The van der Waals surface area contributed by atoms with Gasteiger partial charge in [0.05, 0.1) is 4.90 Å². The zero-order chi connectivity index (χ0) is 16.6. The van der Waals surface area contributed by atoms with Gasteiger partial charge in [0.2, 0.25) is 15.9 Å². The van der Waals surface area contributed by atoms with Crippen molar-refractivity contribution in [2.75, 3.05) is 18.0 Å². The maximum absolute atomic E-state index is 12.9. The molecule has 2 heterocycles. The van der Waals surface area contributed by atoms with Gasteiger partial charge in [-0.15, -0.1) is 0 Å². The zero-order valence-corrected chi connectivity index (χ0v) is 14.6. The van der Waals surface area contributed by atoms with Crippen LogP contribution in [0.25, 0.3) is 0 Å². The number of nitrogens with zero attached hydrogens (tertiary/aromatic N) is 2. The van der Waals surface area contributed by atoms with Gasteiger partial charge >= 0.3 is 0 Å². The zero-order valence-electron chi connectivity index (χ0n) is 13.7. The molecule has 0 bridgehead atoms. The molecule has 6 heteroatoms. The molecule has 2 saturated heterocycles. The Bertz CT molecular complexity index is 684. The fourth-order valence-corrected chi connectivity index (χ4v) is 5.26. The van der Waals surface area contributed by atoms with Gasteiger partial charge in [-0.3, -0.25) is 4.79 Å². The Morgan fingerprint density at radius 3 is 2.35 bits per heavy atom. The van der Waals surface area contributed by atoms with Crippen molar-refractivity contribution in [3.63, 3.8) is 0 Å². The van der Waals surface area contributed by atoms with Crippen LogP contribution in [0.5, 0.6) is 0 Å². The average Bonchev–Trinajstić information content (AvgIpc) is 2.96. The summed E-state index contributed by atoms with van der Waals surface area (Å²) in [6, 6.07) is 6.76. The predicted octanol–water partition coefficient (Wildman–Crippen LogP) is 2.62. The van der Waals surface area contributed by atoms with Crippen molar-refractivity contribution in [3.8, 4) is 0 Å². The highest BCUT2D eigenvalue weighted by Gasteiger charge is 2.34. The number of piperidine rings is 1. The molecule has 2 aliphatic rings. The second-order valence-electron chi connectivity index (χ2n) is 6.62. The molecule has 0 unspecified atom stereocenters. The first-order chi connectivity index (χ1) is 10.9. The van der Waals surface area contributed by atoms with Crippen molar-refractivity contribution in [2.45, 2.75) is 50.5 Å². The van der Waals surface area contributed by atoms with Crippen LogP contribution in [0, 0.1) is 5.92 Å². The van der Waals surface area contributed by atoms with Gasteiger partial charge in [-0.05, 0) is 56.4 Å². The summed E-state index contributed by atoms with van der Waals surface area (Å²) in [6.45, 7) is 5.39. The Hall–Kier alpha value is -1.40. The fourth-order valence-electron chi connectivity index (χ4n) is 3.49. The minimum absolute atomic E-state index is 0.0218. The summed E-state index contributed by atoms with van der Waals surface area (Å²) in [7, 11) is -3.47. The van der Waals surface area contributed by atoms with E-state index in [1.165, 1.54) is 0 Å². The van der Waals surface area contributed by atoms with Crippen molar-refractivity contribution in [1.82, 2.24) is 4.31 Å². The molecule has 0 spiro atoms. The molecule has 0 saturated carbocycles. The van der Waals surface area contributed by atoms with Crippen molar-refractivity contribution in [3.05, 3.63) is 24.3 Å². The number of carbonyl (C=O) groups excluding carboxylic acids is 1. The standard InChI is InChI=1S/C17H24N2O3S/c1-13-5-3-12-19(14(13)2)23(21,22)16-9-7-15(8-10-16)18-11-4-6-17(18)20/h7-10,13-14H,3-6,11-12H2,1-2H3/t13-,14-/m1/s1. The summed E-state index contributed by atoms with van der Waals surface area (Å²) >= 11 is 0. The van der Waals surface area contributed by atoms with Crippen LogP contribution in [0.3, 0.4) is 0 Å². The summed E-state index contributed by atoms with van der Waals surface area (Å²) < 4.78 is 27.4. The van der Waals surface area contributed by atoms with Crippen LogP contribution >= 0.6 is 0 Å². The molecule has 0 radical (unpaired) electrons. The highest BCUT2D eigenvalue weighted by molar-refractivity contribution is 7.89. The van der Waals surface area contributed by atoms with Gasteiger partial charge in [0.1, 0.15) is 0 Å². The summed E-state index contributed by atoms with van der Waals surface area (Å²) in [5, 5.41) is 0. The molecule has 1 aromatic rings. The molecular weight excluding hydrogens is 312 g/mol. The van der Waals surface area contributed by atoms with Crippen LogP contribution in [0.15, 0.2) is 29.2 Å². The molecule has 0 N–H and O–H groups in total. The molecular formula is C17H24N2O3S. The van der Waals surface area contributed by atoms with Crippen LogP contribution in [-0.2, 0) is 14.8 Å². The Kier molecular flexibility index (Phi) is 4.47. The Morgan fingerprint density at radius 1 is 1.04 bits per heavy atom. The number of anilines is 1. The normalized spacial score (nSPS) is 26.7. The number of carbonyl (C=O) groups is 1. The lowest BCUT2D eigenvalue weighted by molar-refractivity contribution is -0.117. The van der Waals surface area contributed by atoms with Gasteiger partial charge < -0.3 is 4.90 Å². The highest BCUT2D eigenvalue weighted by atomic mass is 32.2. The molecule has 23 heavy (non-hydrogen) atoms. The Balaban J connectivity index is 1.84. The minimum Gasteiger partial charge on any atom is -0.312 e. The number of benzene rings is 1. The van der Waals surface area contributed by atoms with E-state index in [1.807, 2.05) is 6.92 Å². The number of rotatable bonds is 3. The molecule has 1 amide bonds. The monoisotopic (exact) mass is 336 g/mol. The Morgan fingerprint density at radius 2 is 1.74 bits per heavy atom. The van der Waals surface area contributed by atoms with Crippen molar-refractivity contribution < 1.29 is 13.2 Å². The molecule has 0 aliphatic carbocycles. The van der Waals surface area contributed by atoms with E-state index in [9.17, 15) is 13.2 Å². The van der Waals surface area contributed by atoms with E-state index in [1.54, 1.807) is 33.5 Å². The van der Waals surface area contributed by atoms with E-state index in [4.69, 9.17) is 0 Å². The van der Waals surface area contributed by atoms with Crippen LogP contribution in [0.2, 0.25) is 0 Å². The molecule has 2 atom stereocenters. The maximum atomic E-state index is 12.9. The fraction of sp³-hybridized carbons (Fsp3) is 0.588. The lowest BCUT2D eigenvalue weighted by atomic mass is 9.94. The predicted molar refractivity (Wildman–Crippen MR) is 89.8 cm³/mol. The van der Waals surface area contributed by atoms with Gasteiger partial charge in [0, 0.05) is 31.2 Å². The molecule has 126 valence electrons. The summed E-state index contributed by atoms with van der Waals surface area (Å²) in [6.07, 6.45) is 3.42. The summed E-state index contributed by atoms with van der Waals surface area (Å²) in [5.74, 6) is 0.485. The first-order valence-corrected chi connectivity index (χ1v) is 9.77. The van der Waals surface area contributed by atoms with E-state index >= 15 is 0 Å². The molecule has 2 fully saturated rings. The Labute approximate surface area is 138 Å². The number of hydrogen-bond acceptors (Lipinski definition) is 3. The minimum atomic E-state index is -3.47. The second kappa shape index (κ2) is 6.24. The molecule has 1 aromatic carbocycles. The lowest BCUT2D eigenvalue weighted by Crippen LogP contribution is -2.45. The van der Waals surface area contributed by atoms with Gasteiger partial charge in [-0.2, -0.15) is 4.31 Å². The van der Waals surface area contributed by atoms with Gasteiger partial charge in [0.15, 0.2) is 0 Å². The van der Waals surface area contributed by atoms with Gasteiger partial charge in [-0.1, -0.05) is 6.92 Å². The summed E-state index contributed by atoms with van der Waals surface area (Å²) in [4.78, 5) is 13.8. The smallest absolute Gasteiger partial charge is 0.243 e. The van der Waals surface area contributed by atoms with Crippen LogP contribution in [-0.4, -0.2) is 37.8 Å². The van der Waals surface area contributed by atoms with E-state index in [0.29, 0.717) is 30.3 Å². The van der Waals surface area contributed by atoms with E-state index in [2.05, 4.69) is 6.92 Å². The largest absolute Gasteiger partial charge is 0.312 e. The van der Waals surface area contributed by atoms with E-state index in [0.717, 1.165) is 24.9 Å². The number of hydrogen-bond donors (Lipinski definition) is 0. The van der Waals surface area contributed by atoms with Crippen molar-refractivity contribution in [1.29, 1.82) is 0 Å². The van der Waals surface area contributed by atoms with Crippen LogP contribution < -0.4 is 4.90 Å². The number of amides is 1. The summed E-state index contributed by atoms with van der Waals surface area (Å²) in [5.41, 5.74) is 0.784. The van der Waals surface area contributed by atoms with Gasteiger partial charge in [-0.25, -0.2) is 8.42 Å². The second-order valence-corrected chi connectivity index (χ2v) is 8.51. The topological polar surface area (TPSA) is 57.7 Å². The van der Waals surface area contributed by atoms with E-state index < -0.39 is 10.0 Å². The number of sulfonamides is 1. The van der Waals surface area contributed by atoms with Crippen LogP contribution in [0.1, 0.15) is 39.5 Å². The van der Waals surface area contributed by atoms with E-state index in [-0.39, 0.29) is 11.9 Å². The third kappa shape index (κ3) is 3.02. The lowest BCUT2D eigenvalue weighted by Gasteiger charge is -2.36. The molecule has 3 rings (SSSR count). The van der Waals surface area contributed by atoms with Gasteiger partial charge in [0.25, 0.3) is 0 Å². The molecule has 0 aromatic heterocycles. The molecule has 5 nitrogen and oxygen atoms in total. The third-order valence-corrected chi connectivity index (χ3v) is 7.14. The highest BCUT2D eigenvalue weighted by Crippen LogP contribution is 2.30. The van der Waals surface area contributed by atoms with Crippen molar-refractivity contribution >= 4 is 21.6 Å². The maximum Gasteiger partial charge on any atom is 0.243 e. The SMILES string of the molecule is C[C@@H]1CCCN(S(=O)(=O)c2ccc(N3CCCC3=O)cc2)[C@@H]1C. The molecule has 2 aliphatic heterocycles.